The number of hydrogen-bond donors (Lipinski definition) is 1. The summed E-state index contributed by atoms with van der Waals surface area (Å²) in [6.07, 6.45) is 3.95. The molecule has 23 heavy (non-hydrogen) atoms. The molecule has 5 nitrogen and oxygen atoms in total. The minimum atomic E-state index is -0.250. The normalized spacial score (nSPS) is 9.22. The molecule has 0 aliphatic heterocycles. The number of fused-ring (bicyclic) bond motifs is 1. The zero-order chi connectivity index (χ0) is 17.2. The average Bonchev–Trinajstić information content (AvgIpc) is 3.00. The molecule has 0 saturated carbocycles. The summed E-state index contributed by atoms with van der Waals surface area (Å²) in [4.78, 5) is 12.8. The van der Waals surface area contributed by atoms with Gasteiger partial charge in [0.2, 0.25) is 0 Å². The molecule has 3 aromatic rings. The van der Waals surface area contributed by atoms with Crippen molar-refractivity contribution in [3.8, 4) is 17.0 Å². The minimum absolute atomic E-state index is 0.250. The number of carboxylic acid groups (broad SMARTS) is 1. The molecule has 0 atom stereocenters. The van der Waals surface area contributed by atoms with Crippen molar-refractivity contribution in [2.24, 2.45) is 0 Å². The SMILES string of the molecule is CC.COc1ccc(-c2cnc3cc(C)ccn23)cc1.O=CO. The van der Waals surface area contributed by atoms with E-state index in [0.29, 0.717) is 0 Å². The predicted molar refractivity (Wildman–Crippen MR) is 92.0 cm³/mol. The summed E-state index contributed by atoms with van der Waals surface area (Å²) in [5.74, 6) is 0.864. The molecule has 0 radical (unpaired) electrons. The van der Waals surface area contributed by atoms with Gasteiger partial charge in [0.05, 0.1) is 19.0 Å². The molecule has 122 valence electrons. The second-order valence-corrected chi connectivity index (χ2v) is 4.41. The molecule has 0 fully saturated rings. The van der Waals surface area contributed by atoms with Crippen LogP contribution in [0.4, 0.5) is 0 Å². The van der Waals surface area contributed by atoms with E-state index in [2.05, 4.69) is 34.6 Å². The van der Waals surface area contributed by atoms with Gasteiger partial charge >= 0.3 is 0 Å². The second-order valence-electron chi connectivity index (χ2n) is 4.41. The van der Waals surface area contributed by atoms with Crippen LogP contribution in [0.5, 0.6) is 5.75 Å². The van der Waals surface area contributed by atoms with Crippen LogP contribution in [0.3, 0.4) is 0 Å². The van der Waals surface area contributed by atoms with Crippen LogP contribution in [0.15, 0.2) is 48.8 Å². The van der Waals surface area contributed by atoms with Crippen LogP contribution >= 0.6 is 0 Å². The Morgan fingerprint density at radius 1 is 1.17 bits per heavy atom. The number of methoxy groups -OCH3 is 1. The van der Waals surface area contributed by atoms with E-state index in [4.69, 9.17) is 14.6 Å². The Morgan fingerprint density at radius 2 is 1.78 bits per heavy atom. The van der Waals surface area contributed by atoms with E-state index in [0.717, 1.165) is 22.7 Å². The summed E-state index contributed by atoms with van der Waals surface area (Å²) in [5.41, 5.74) is 4.41. The smallest absolute Gasteiger partial charge is 0.290 e. The van der Waals surface area contributed by atoms with E-state index in [1.807, 2.05) is 44.3 Å². The summed E-state index contributed by atoms with van der Waals surface area (Å²) in [7, 11) is 1.67. The lowest BCUT2D eigenvalue weighted by molar-refractivity contribution is -0.122. The standard InChI is InChI=1S/C15H14N2O.C2H6.CH2O2/c1-11-7-8-17-14(10-16-15(17)9-11)12-3-5-13(18-2)6-4-12;1-2;2-1-3/h3-10H,1-2H3;1-2H3;1H,(H,2,3). The minimum Gasteiger partial charge on any atom is -0.497 e. The summed E-state index contributed by atoms with van der Waals surface area (Å²) in [6.45, 7) is 5.82. The maximum atomic E-state index is 8.36. The number of pyridine rings is 1. The van der Waals surface area contributed by atoms with Crippen molar-refractivity contribution in [3.63, 3.8) is 0 Å². The molecule has 1 N–H and O–H groups in total. The van der Waals surface area contributed by atoms with Gasteiger partial charge < -0.3 is 9.84 Å². The predicted octanol–water partition coefficient (Wildman–Crippen LogP) is 4.05. The van der Waals surface area contributed by atoms with Crippen LogP contribution in [0.2, 0.25) is 0 Å². The molecule has 0 amide bonds. The lowest BCUT2D eigenvalue weighted by Gasteiger charge is -2.04. The molecule has 2 aromatic heterocycles. The Bertz CT molecular complexity index is 734. The Labute approximate surface area is 136 Å². The molecular formula is C18H22N2O3. The fourth-order valence-corrected chi connectivity index (χ4v) is 2.06. The van der Waals surface area contributed by atoms with Gasteiger partial charge in [-0.15, -0.1) is 0 Å². The van der Waals surface area contributed by atoms with Crippen molar-refractivity contribution >= 4 is 12.1 Å². The van der Waals surface area contributed by atoms with Gasteiger partial charge in [-0.05, 0) is 48.9 Å². The maximum absolute atomic E-state index is 8.36. The van der Waals surface area contributed by atoms with Crippen LogP contribution in [0.25, 0.3) is 16.9 Å². The van der Waals surface area contributed by atoms with Crippen molar-refractivity contribution in [2.45, 2.75) is 20.8 Å². The highest BCUT2D eigenvalue weighted by atomic mass is 16.5. The Balaban J connectivity index is 0.000000477. The van der Waals surface area contributed by atoms with Crippen molar-refractivity contribution in [3.05, 3.63) is 54.4 Å². The van der Waals surface area contributed by atoms with Crippen molar-refractivity contribution in [1.29, 1.82) is 0 Å². The fourth-order valence-electron chi connectivity index (χ4n) is 2.06. The lowest BCUT2D eigenvalue weighted by Crippen LogP contribution is -1.89. The van der Waals surface area contributed by atoms with Gasteiger partial charge in [-0.1, -0.05) is 13.8 Å². The van der Waals surface area contributed by atoms with Crippen LogP contribution in [0.1, 0.15) is 19.4 Å². The van der Waals surface area contributed by atoms with E-state index >= 15 is 0 Å². The van der Waals surface area contributed by atoms with Gasteiger partial charge in [-0.2, -0.15) is 0 Å². The molecule has 5 heteroatoms. The topological polar surface area (TPSA) is 63.8 Å². The van der Waals surface area contributed by atoms with E-state index in [-0.39, 0.29) is 6.47 Å². The van der Waals surface area contributed by atoms with Crippen LogP contribution < -0.4 is 4.74 Å². The molecule has 0 aliphatic carbocycles. The Kier molecular flexibility index (Phi) is 7.33. The van der Waals surface area contributed by atoms with Gasteiger partial charge in [0.1, 0.15) is 11.4 Å². The molecule has 0 spiro atoms. The first-order valence-corrected chi connectivity index (χ1v) is 7.35. The third-order valence-electron chi connectivity index (χ3n) is 3.05. The summed E-state index contributed by atoms with van der Waals surface area (Å²) in [5, 5.41) is 6.89. The molecule has 2 heterocycles. The van der Waals surface area contributed by atoms with Crippen LogP contribution in [0, 0.1) is 6.92 Å². The molecule has 3 rings (SSSR count). The number of ether oxygens (including phenoxy) is 1. The number of rotatable bonds is 2. The third-order valence-corrected chi connectivity index (χ3v) is 3.05. The third kappa shape index (κ3) is 4.57. The summed E-state index contributed by atoms with van der Waals surface area (Å²) in [6, 6.07) is 12.2. The number of imidazole rings is 1. The molecule has 1 aromatic carbocycles. The van der Waals surface area contributed by atoms with E-state index in [1.165, 1.54) is 5.56 Å². The number of carbonyl (C=O) groups is 1. The highest BCUT2D eigenvalue weighted by Gasteiger charge is 2.05. The number of aryl methyl sites for hydroxylation is 1. The van der Waals surface area contributed by atoms with E-state index in [1.54, 1.807) is 7.11 Å². The second kappa shape index (κ2) is 9.25. The number of hydrogen-bond acceptors (Lipinski definition) is 3. The zero-order valence-electron chi connectivity index (χ0n) is 13.9. The first kappa shape index (κ1) is 18.2. The fraction of sp³-hybridized carbons (Fsp3) is 0.222. The lowest BCUT2D eigenvalue weighted by atomic mass is 10.1. The first-order chi connectivity index (χ1) is 11.2. The number of aromatic nitrogens is 2. The van der Waals surface area contributed by atoms with Gasteiger partial charge in [-0.25, -0.2) is 4.98 Å². The first-order valence-electron chi connectivity index (χ1n) is 7.35. The maximum Gasteiger partial charge on any atom is 0.290 e. The molecule has 0 bridgehead atoms. The quantitative estimate of drug-likeness (QED) is 0.725. The molecule has 0 aliphatic rings. The van der Waals surface area contributed by atoms with Crippen LogP contribution in [-0.4, -0.2) is 28.1 Å². The highest BCUT2D eigenvalue weighted by Crippen LogP contribution is 2.23. The Morgan fingerprint density at radius 3 is 2.35 bits per heavy atom. The largest absolute Gasteiger partial charge is 0.497 e. The van der Waals surface area contributed by atoms with Crippen molar-refractivity contribution in [2.75, 3.05) is 7.11 Å². The van der Waals surface area contributed by atoms with Crippen molar-refractivity contribution < 1.29 is 14.6 Å². The van der Waals surface area contributed by atoms with Gasteiger partial charge in [0.15, 0.2) is 0 Å². The molecule has 0 unspecified atom stereocenters. The van der Waals surface area contributed by atoms with Gasteiger partial charge in [-0.3, -0.25) is 9.20 Å². The van der Waals surface area contributed by atoms with Crippen LogP contribution in [-0.2, 0) is 4.79 Å². The monoisotopic (exact) mass is 314 g/mol. The summed E-state index contributed by atoms with van der Waals surface area (Å²) < 4.78 is 7.26. The van der Waals surface area contributed by atoms with E-state index in [9.17, 15) is 0 Å². The zero-order valence-corrected chi connectivity index (χ0v) is 13.9. The molecular weight excluding hydrogens is 292 g/mol. The highest BCUT2D eigenvalue weighted by molar-refractivity contribution is 5.64. The number of nitrogens with zero attached hydrogens (tertiary/aromatic N) is 2. The number of benzene rings is 1. The average molecular weight is 314 g/mol. The summed E-state index contributed by atoms with van der Waals surface area (Å²) >= 11 is 0. The van der Waals surface area contributed by atoms with Gasteiger partial charge in [0, 0.05) is 11.8 Å². The Hall–Kier alpha value is -2.82. The van der Waals surface area contributed by atoms with E-state index < -0.39 is 0 Å². The van der Waals surface area contributed by atoms with Crippen molar-refractivity contribution in [1.82, 2.24) is 9.38 Å². The molecule has 0 saturated heterocycles. The van der Waals surface area contributed by atoms with Gasteiger partial charge in [0.25, 0.3) is 6.47 Å².